The Morgan fingerprint density at radius 3 is 1.47 bits per heavy atom. The number of unbranched alkanes of at least 4 members (excludes halogenated alkanes) is 3. The third-order valence-electron chi connectivity index (χ3n) is 19.3. The first-order valence-corrected chi connectivity index (χ1v) is 43.5. The summed E-state index contributed by atoms with van der Waals surface area (Å²) in [5.41, 5.74) is 28.9. The molecule has 2 aliphatic heterocycles. The number of phenolic OH excluding ortho intramolecular Hbond substituents is 1. The highest BCUT2D eigenvalue weighted by atomic mass is 32.2. The summed E-state index contributed by atoms with van der Waals surface area (Å²) >= 11 is 1.86. The standard InChI is InChI=1S/C79H118N19O26PS/c1-45(80)71(108)88-46(2)72(109)89-47(3)73(110)93-56(40-50-19-23-52(24-20-50)124-125(117,118)119)76(113)92-55(25-27-62(81)100)74(111)96-59(41-63(82)101)78(115)95-58(39-49-17-21-51(99)22-18-49)77(114)94-57(38-48-12-6-4-7-13-48)75(112)91-54(70(84)107)26-28-65(103)86-30-32-120-34-36-122-42-66(104)87-31-33-121-35-37-123-43-67(105)90-53(69(83)106)14-10-11-29-85-64(102)16-9-5-8-15-61-68-60(44-126-61)97-79(116)98-68/h4,6-7,12-13,17-24,45-47,53-61,68,99H,5,8-11,14-16,25-44,80H2,1-3H3,(H2,81,100)(H2,82,101)(H2,83,106)(H2,84,107)(H,85,102)(H,86,103)(H,87,104)(H,88,108)(H,89,109)(H,90,105)(H,91,112)(H,92,113)(H,93,110)(H,94,114)(H,95,115)(H,96,111)(H2,97,98,116)(H2,117,118,119)/t45-,46-,47-,53-,54-,55-,56-,57-,58-,59-,60-,61-,68-/m0/s1. The number of aromatic hydroxyl groups is 1. The Balaban J connectivity index is 1.07. The summed E-state index contributed by atoms with van der Waals surface area (Å²) in [6, 6.07) is 3.52. The van der Waals surface area contributed by atoms with E-state index in [0.29, 0.717) is 36.6 Å². The minimum Gasteiger partial charge on any atom is -0.508 e. The van der Waals surface area contributed by atoms with E-state index >= 15 is 0 Å². The summed E-state index contributed by atoms with van der Waals surface area (Å²) in [7, 11) is -5.04. The van der Waals surface area contributed by atoms with Crippen molar-refractivity contribution in [1.82, 2.24) is 74.4 Å². The average Bonchev–Trinajstić information content (AvgIpc) is 1.65. The molecule has 2 saturated heterocycles. The number of benzene rings is 3. The van der Waals surface area contributed by atoms with Gasteiger partial charge in [-0.15, -0.1) is 0 Å². The molecule has 0 spiro atoms. The number of ether oxygens (including phenoxy) is 4. The molecule has 45 nitrogen and oxygen atoms in total. The van der Waals surface area contributed by atoms with Crippen LogP contribution in [0.1, 0.15) is 121 Å². The van der Waals surface area contributed by atoms with E-state index in [1.54, 1.807) is 30.3 Å². The van der Waals surface area contributed by atoms with Crippen LogP contribution >= 0.6 is 19.6 Å². The lowest BCUT2D eigenvalue weighted by molar-refractivity contribution is -0.136. The van der Waals surface area contributed by atoms with Crippen molar-refractivity contribution in [2.75, 3.05) is 78.2 Å². The number of fused-ring (bicyclic) bond motifs is 1. The van der Waals surface area contributed by atoms with Gasteiger partial charge in [-0.25, -0.2) is 9.36 Å². The molecule has 0 aromatic heterocycles. The number of phosphoric acid groups is 1. The van der Waals surface area contributed by atoms with Crippen LogP contribution < -0.4 is 108 Å². The minimum atomic E-state index is -5.04. The van der Waals surface area contributed by atoms with Crippen molar-refractivity contribution in [3.05, 3.63) is 95.6 Å². The molecule has 2 heterocycles. The quantitative estimate of drug-likeness (QED) is 0.0142. The van der Waals surface area contributed by atoms with Crippen LogP contribution in [-0.2, 0) is 119 Å². The van der Waals surface area contributed by atoms with Crippen molar-refractivity contribution in [3.63, 3.8) is 0 Å². The predicted molar refractivity (Wildman–Crippen MR) is 452 cm³/mol. The number of phosphoric ester groups is 1. The van der Waals surface area contributed by atoms with Crippen LogP contribution in [0.4, 0.5) is 4.79 Å². The third-order valence-corrected chi connectivity index (χ3v) is 21.3. The van der Waals surface area contributed by atoms with E-state index in [1.165, 1.54) is 57.2 Å². The van der Waals surface area contributed by atoms with Gasteiger partial charge in [0.2, 0.25) is 94.5 Å². The Kier molecular flexibility index (Phi) is 46.3. The van der Waals surface area contributed by atoms with Gasteiger partial charge in [0, 0.05) is 69.2 Å². The fourth-order valence-corrected chi connectivity index (χ4v) is 14.5. The smallest absolute Gasteiger partial charge is 0.508 e. The third kappa shape index (κ3) is 41.9. The lowest BCUT2D eigenvalue weighted by atomic mass is 10.0. The monoisotopic (exact) mass is 1810 g/mol. The Morgan fingerprint density at radius 1 is 0.452 bits per heavy atom. The van der Waals surface area contributed by atoms with E-state index in [2.05, 4.69) is 79.0 Å². The number of phenols is 1. The first-order chi connectivity index (χ1) is 59.8. The van der Waals surface area contributed by atoms with Gasteiger partial charge in [-0.05, 0) is 107 Å². The van der Waals surface area contributed by atoms with Gasteiger partial charge >= 0.3 is 13.9 Å². The molecule has 0 bridgehead atoms. The number of carbonyl (C=O) groups is 17. The molecule has 0 unspecified atom stereocenters. The highest BCUT2D eigenvalue weighted by Crippen LogP contribution is 2.37. The number of primary amides is 4. The SMILES string of the molecule is C[C@H](N)C(=O)N[C@@H](C)C(=O)N[C@@H](C)C(=O)N[C@@H](Cc1ccc(OP(=O)(O)O)cc1)C(=O)N[C@@H](CCC(N)=O)C(=O)N[C@@H](CC(N)=O)C(=O)N[C@@H](Cc1ccc(O)cc1)C(=O)N[C@@H](Cc1ccccc1)C(=O)N[C@@H](CCC(=O)NCCOCCOCC(=O)NCCOCCOCC(=O)N[C@@H](CCCCNC(=O)CCCCC[C@@H]1SC[C@@H]2NC(=O)N[C@@H]21)C(N)=O)C(N)=O. The van der Waals surface area contributed by atoms with Gasteiger partial charge in [0.25, 0.3) is 0 Å². The number of amides is 18. The van der Waals surface area contributed by atoms with Crippen molar-refractivity contribution in [1.29, 1.82) is 0 Å². The van der Waals surface area contributed by atoms with E-state index < -0.39 is 189 Å². The van der Waals surface area contributed by atoms with Crippen LogP contribution in [0.25, 0.3) is 0 Å². The number of urea groups is 1. The van der Waals surface area contributed by atoms with Crippen molar-refractivity contribution < 1.29 is 124 Å². The second-order valence-electron chi connectivity index (χ2n) is 29.8. The number of carbonyl (C=O) groups excluding carboxylic acids is 17. The summed E-state index contributed by atoms with van der Waals surface area (Å²) in [5, 5.41) is 46.5. The van der Waals surface area contributed by atoms with E-state index in [4.69, 9.17) is 47.6 Å². The van der Waals surface area contributed by atoms with E-state index in [0.717, 1.165) is 43.6 Å². The van der Waals surface area contributed by atoms with Crippen LogP contribution in [0.5, 0.6) is 11.5 Å². The van der Waals surface area contributed by atoms with Crippen LogP contribution in [0.2, 0.25) is 0 Å². The summed E-state index contributed by atoms with van der Waals surface area (Å²) < 4.78 is 37.8. The van der Waals surface area contributed by atoms with Crippen LogP contribution in [0.15, 0.2) is 78.9 Å². The van der Waals surface area contributed by atoms with Gasteiger partial charge in [-0.2, -0.15) is 11.8 Å². The second-order valence-corrected chi connectivity index (χ2v) is 32.3. The van der Waals surface area contributed by atoms with Gasteiger partial charge in [0.15, 0.2) is 0 Å². The number of nitrogens with two attached hydrogens (primary N) is 5. The zero-order valence-corrected chi connectivity index (χ0v) is 72.0. The first kappa shape index (κ1) is 105. The number of hydrogen-bond acceptors (Lipinski definition) is 26. The fraction of sp³-hybridized carbons (Fsp3) is 0.557. The molecule has 18 amide bonds. The lowest BCUT2D eigenvalue weighted by Gasteiger charge is -2.28. The van der Waals surface area contributed by atoms with Crippen LogP contribution in [0.3, 0.4) is 0 Å². The Hall–Kier alpha value is -11.6. The Labute approximate surface area is 731 Å². The summed E-state index contributed by atoms with van der Waals surface area (Å²) in [4.78, 5) is 242. The van der Waals surface area contributed by atoms with Crippen molar-refractivity contribution in [3.8, 4) is 11.5 Å². The maximum Gasteiger partial charge on any atom is 0.524 e. The lowest BCUT2D eigenvalue weighted by Crippen LogP contribution is -2.61. The van der Waals surface area contributed by atoms with Crippen LogP contribution in [0, 0.1) is 0 Å². The molecule has 2 fully saturated rings. The fourth-order valence-electron chi connectivity index (χ4n) is 12.6. The topological polar surface area (TPSA) is 713 Å². The van der Waals surface area contributed by atoms with E-state index in [-0.39, 0.29) is 138 Å². The number of hydrogen-bond donors (Lipinski definition) is 22. The molecule has 0 radical (unpaired) electrons. The number of nitrogens with one attached hydrogen (secondary N) is 14. The molecule has 126 heavy (non-hydrogen) atoms. The molecule has 0 saturated carbocycles. The largest absolute Gasteiger partial charge is 0.524 e. The first-order valence-electron chi connectivity index (χ1n) is 40.9. The maximum atomic E-state index is 14.7. The van der Waals surface area contributed by atoms with Crippen LogP contribution in [-0.4, -0.2) is 271 Å². The molecule has 3 aromatic carbocycles. The summed E-state index contributed by atoms with van der Waals surface area (Å²) in [6.45, 7) is 3.97. The van der Waals surface area contributed by atoms with Crippen molar-refractivity contribution >= 4 is 120 Å². The van der Waals surface area contributed by atoms with Gasteiger partial charge in [-0.1, -0.05) is 67.4 Å². The van der Waals surface area contributed by atoms with Crippen molar-refractivity contribution in [2.45, 2.75) is 201 Å². The molecule has 47 heteroatoms. The Morgan fingerprint density at radius 2 is 0.913 bits per heavy atom. The average molecular weight is 1810 g/mol. The van der Waals surface area contributed by atoms with E-state index in [1.807, 2.05) is 11.8 Å². The minimum absolute atomic E-state index is 0.00422. The highest BCUT2D eigenvalue weighted by molar-refractivity contribution is 8.00. The van der Waals surface area contributed by atoms with Gasteiger partial charge in [0.1, 0.15) is 79.1 Å². The second kappa shape index (κ2) is 55.6. The van der Waals surface area contributed by atoms with Gasteiger partial charge < -0.3 is 132 Å². The zero-order valence-electron chi connectivity index (χ0n) is 70.3. The molecule has 5 rings (SSSR count). The molecule has 27 N–H and O–H groups in total. The van der Waals surface area contributed by atoms with Gasteiger partial charge in [-0.3, -0.25) is 86.5 Å². The molecular formula is C79H118N19O26PS. The molecule has 3 aromatic rings. The normalized spacial score (nSPS) is 16.3. The molecule has 2 aliphatic rings. The Bertz CT molecular complexity index is 4200. The molecule has 0 aliphatic carbocycles. The zero-order chi connectivity index (χ0) is 92.8. The van der Waals surface area contributed by atoms with Crippen molar-refractivity contribution in [2.24, 2.45) is 28.7 Å². The highest BCUT2D eigenvalue weighted by Gasteiger charge is 2.43. The maximum absolute atomic E-state index is 14.7. The molecule has 696 valence electrons. The molecular weight excluding hydrogens is 1690 g/mol. The molecule has 13 atom stereocenters. The number of rotatable bonds is 62. The number of thioether (sulfide) groups is 1. The van der Waals surface area contributed by atoms with E-state index in [9.17, 15) is 101 Å². The summed E-state index contributed by atoms with van der Waals surface area (Å²) in [6.07, 6.45) is 1.33. The van der Waals surface area contributed by atoms with Gasteiger partial charge in [0.05, 0.1) is 64.2 Å². The predicted octanol–water partition coefficient (Wildman–Crippen LogP) is -5.77. The summed E-state index contributed by atoms with van der Waals surface area (Å²) in [5.74, 6) is -13.5.